The van der Waals surface area contributed by atoms with Gasteiger partial charge in [-0.2, -0.15) is 15.0 Å². The Kier molecular flexibility index (Phi) is 5.04. The molecule has 2 unspecified atom stereocenters. The van der Waals surface area contributed by atoms with Crippen LogP contribution in [0.2, 0.25) is 0 Å². The monoisotopic (exact) mass is 291 g/mol. The largest absolute Gasteiger partial charge is 0.393 e. The predicted molar refractivity (Wildman–Crippen MR) is 80.5 cm³/mol. The molecule has 2 heterocycles. The normalized spacial score (nSPS) is 13.7. The van der Waals surface area contributed by atoms with Crippen LogP contribution in [0.4, 0.5) is 11.9 Å². The Hall–Kier alpha value is -2.22. The molecular weight excluding hydrogens is 270 g/mol. The van der Waals surface area contributed by atoms with E-state index in [0.717, 1.165) is 6.54 Å². The van der Waals surface area contributed by atoms with Gasteiger partial charge in [0, 0.05) is 25.0 Å². The van der Waals surface area contributed by atoms with Gasteiger partial charge in [-0.1, -0.05) is 0 Å². The first kappa shape index (κ1) is 15.2. The van der Waals surface area contributed by atoms with Gasteiger partial charge in [0.05, 0.1) is 6.10 Å². The minimum atomic E-state index is -0.379. The number of aromatic nitrogens is 5. The van der Waals surface area contributed by atoms with Crippen molar-refractivity contribution < 1.29 is 5.11 Å². The van der Waals surface area contributed by atoms with Crippen molar-refractivity contribution in [1.82, 2.24) is 24.5 Å². The molecule has 0 aliphatic carbocycles. The van der Waals surface area contributed by atoms with E-state index in [9.17, 15) is 5.11 Å². The molecule has 0 aliphatic heterocycles. The standard InChI is InChI=1S/C13H21N7O/c1-4-15-11-17-12(16-9(2)7-10(3)21)19-13(18-11)20-6-5-14-8-20/h5-6,8-10,21H,4,7H2,1-3H3,(H2,15,16,17,18,19). The van der Waals surface area contributed by atoms with Crippen molar-refractivity contribution in [3.63, 3.8) is 0 Å². The summed E-state index contributed by atoms with van der Waals surface area (Å²) >= 11 is 0. The second-order valence-electron chi connectivity index (χ2n) is 4.91. The fourth-order valence-corrected chi connectivity index (χ4v) is 1.95. The smallest absolute Gasteiger partial charge is 0.241 e. The summed E-state index contributed by atoms with van der Waals surface area (Å²) in [5.74, 6) is 1.46. The van der Waals surface area contributed by atoms with E-state index in [2.05, 4.69) is 30.6 Å². The fourth-order valence-electron chi connectivity index (χ4n) is 1.95. The van der Waals surface area contributed by atoms with Crippen LogP contribution in [-0.2, 0) is 0 Å². The molecule has 8 heteroatoms. The predicted octanol–water partition coefficient (Wildman–Crippen LogP) is 1.06. The highest BCUT2D eigenvalue weighted by Crippen LogP contribution is 2.11. The summed E-state index contributed by atoms with van der Waals surface area (Å²) in [6, 6.07) is 0.0533. The van der Waals surface area contributed by atoms with Gasteiger partial charge in [-0.05, 0) is 27.2 Å². The van der Waals surface area contributed by atoms with E-state index < -0.39 is 0 Å². The van der Waals surface area contributed by atoms with Crippen molar-refractivity contribution in [3.05, 3.63) is 18.7 Å². The van der Waals surface area contributed by atoms with E-state index in [1.807, 2.05) is 13.8 Å². The number of aliphatic hydroxyl groups excluding tert-OH is 1. The highest BCUT2D eigenvalue weighted by atomic mass is 16.3. The van der Waals surface area contributed by atoms with Gasteiger partial charge in [0.1, 0.15) is 6.33 Å². The second kappa shape index (κ2) is 6.98. The number of imidazole rings is 1. The topological polar surface area (TPSA) is 101 Å². The Morgan fingerprint density at radius 2 is 2.00 bits per heavy atom. The molecule has 0 aromatic carbocycles. The first-order valence-corrected chi connectivity index (χ1v) is 7.01. The molecule has 114 valence electrons. The highest BCUT2D eigenvalue weighted by Gasteiger charge is 2.11. The van der Waals surface area contributed by atoms with Gasteiger partial charge in [-0.25, -0.2) is 4.98 Å². The molecule has 0 bridgehead atoms. The molecule has 0 aliphatic rings. The molecule has 0 fully saturated rings. The van der Waals surface area contributed by atoms with Crippen LogP contribution in [0.15, 0.2) is 18.7 Å². The molecular formula is C13H21N7O. The van der Waals surface area contributed by atoms with E-state index in [1.54, 1.807) is 30.2 Å². The van der Waals surface area contributed by atoms with Crippen molar-refractivity contribution in [2.24, 2.45) is 0 Å². The molecule has 0 amide bonds. The van der Waals surface area contributed by atoms with Crippen molar-refractivity contribution in [1.29, 1.82) is 0 Å². The lowest BCUT2D eigenvalue weighted by Gasteiger charge is -2.16. The maximum atomic E-state index is 9.43. The van der Waals surface area contributed by atoms with Crippen molar-refractivity contribution in [3.8, 4) is 5.95 Å². The number of aliphatic hydroxyl groups is 1. The molecule has 0 saturated heterocycles. The molecule has 2 atom stereocenters. The first-order chi connectivity index (χ1) is 10.1. The SMILES string of the molecule is CCNc1nc(NC(C)CC(C)O)nc(-n2ccnc2)n1. The highest BCUT2D eigenvalue weighted by molar-refractivity contribution is 5.38. The van der Waals surface area contributed by atoms with Crippen LogP contribution >= 0.6 is 0 Å². The van der Waals surface area contributed by atoms with Gasteiger partial charge in [0.15, 0.2) is 0 Å². The van der Waals surface area contributed by atoms with E-state index >= 15 is 0 Å². The zero-order valence-electron chi connectivity index (χ0n) is 12.5. The fraction of sp³-hybridized carbons (Fsp3) is 0.538. The zero-order valence-corrected chi connectivity index (χ0v) is 12.5. The molecule has 0 spiro atoms. The van der Waals surface area contributed by atoms with Gasteiger partial charge in [-0.15, -0.1) is 0 Å². The van der Waals surface area contributed by atoms with Gasteiger partial charge in [0.25, 0.3) is 0 Å². The van der Waals surface area contributed by atoms with Crippen molar-refractivity contribution in [2.45, 2.75) is 39.3 Å². The Balaban J connectivity index is 2.23. The first-order valence-electron chi connectivity index (χ1n) is 7.01. The summed E-state index contributed by atoms with van der Waals surface area (Å²) in [7, 11) is 0. The van der Waals surface area contributed by atoms with Crippen LogP contribution < -0.4 is 10.6 Å². The Bertz CT molecular complexity index is 556. The number of anilines is 2. The maximum Gasteiger partial charge on any atom is 0.241 e. The van der Waals surface area contributed by atoms with E-state index in [0.29, 0.717) is 24.3 Å². The lowest BCUT2D eigenvalue weighted by Crippen LogP contribution is -2.23. The van der Waals surface area contributed by atoms with Crippen molar-refractivity contribution >= 4 is 11.9 Å². The molecule has 3 N–H and O–H groups in total. The van der Waals surface area contributed by atoms with Gasteiger partial charge in [-0.3, -0.25) is 4.57 Å². The second-order valence-corrected chi connectivity index (χ2v) is 4.91. The van der Waals surface area contributed by atoms with Gasteiger partial charge >= 0.3 is 0 Å². The quantitative estimate of drug-likeness (QED) is 0.701. The lowest BCUT2D eigenvalue weighted by molar-refractivity contribution is 0.179. The number of hydrogen-bond acceptors (Lipinski definition) is 7. The molecule has 2 aromatic rings. The van der Waals surface area contributed by atoms with Crippen molar-refractivity contribution in [2.75, 3.05) is 17.2 Å². The Morgan fingerprint density at radius 3 is 2.62 bits per heavy atom. The lowest BCUT2D eigenvalue weighted by atomic mass is 10.2. The summed E-state index contributed by atoms with van der Waals surface area (Å²) < 4.78 is 1.72. The van der Waals surface area contributed by atoms with E-state index in [1.165, 1.54) is 0 Å². The number of hydrogen-bond donors (Lipinski definition) is 3. The van der Waals surface area contributed by atoms with Crippen LogP contribution in [-0.4, -0.2) is 48.3 Å². The Labute approximate surface area is 123 Å². The summed E-state index contributed by atoms with van der Waals surface area (Å²) in [5, 5.41) is 15.7. The van der Waals surface area contributed by atoms with Crippen LogP contribution in [0.3, 0.4) is 0 Å². The third-order valence-corrected chi connectivity index (χ3v) is 2.76. The van der Waals surface area contributed by atoms with Gasteiger partial charge < -0.3 is 15.7 Å². The summed E-state index contributed by atoms with van der Waals surface area (Å²) in [6.07, 6.45) is 5.31. The summed E-state index contributed by atoms with van der Waals surface area (Å²) in [4.78, 5) is 17.0. The zero-order chi connectivity index (χ0) is 15.2. The van der Waals surface area contributed by atoms with E-state index in [4.69, 9.17) is 0 Å². The summed E-state index contributed by atoms with van der Waals surface area (Å²) in [6.45, 7) is 6.42. The molecule has 2 rings (SSSR count). The van der Waals surface area contributed by atoms with Crippen LogP contribution in [0, 0.1) is 0 Å². The van der Waals surface area contributed by atoms with E-state index in [-0.39, 0.29) is 12.1 Å². The molecule has 21 heavy (non-hydrogen) atoms. The summed E-state index contributed by atoms with van der Waals surface area (Å²) in [5.41, 5.74) is 0. The third-order valence-electron chi connectivity index (χ3n) is 2.76. The van der Waals surface area contributed by atoms with Crippen LogP contribution in [0.5, 0.6) is 0 Å². The van der Waals surface area contributed by atoms with Crippen LogP contribution in [0.1, 0.15) is 27.2 Å². The third kappa shape index (κ3) is 4.38. The molecule has 8 nitrogen and oxygen atoms in total. The average molecular weight is 291 g/mol. The minimum absolute atomic E-state index is 0.0533. The minimum Gasteiger partial charge on any atom is -0.393 e. The Morgan fingerprint density at radius 1 is 1.24 bits per heavy atom. The van der Waals surface area contributed by atoms with Gasteiger partial charge in [0.2, 0.25) is 17.8 Å². The number of nitrogens with zero attached hydrogens (tertiary/aromatic N) is 5. The number of rotatable bonds is 7. The number of nitrogens with one attached hydrogen (secondary N) is 2. The maximum absolute atomic E-state index is 9.43. The van der Waals surface area contributed by atoms with Crippen LogP contribution in [0.25, 0.3) is 5.95 Å². The molecule has 0 saturated carbocycles. The average Bonchev–Trinajstić information content (AvgIpc) is 2.91. The molecule has 0 radical (unpaired) electrons. The molecule has 2 aromatic heterocycles.